The van der Waals surface area contributed by atoms with Crippen molar-refractivity contribution in [1.82, 2.24) is 10.2 Å². The van der Waals surface area contributed by atoms with Crippen molar-refractivity contribution in [3.05, 3.63) is 70.9 Å². The largest absolute Gasteiger partial charge is 0.154 e. The Hall–Kier alpha value is -2.19. The van der Waals surface area contributed by atoms with Gasteiger partial charge in [0.2, 0.25) is 0 Å². The van der Waals surface area contributed by atoms with Gasteiger partial charge in [-0.05, 0) is 36.1 Å². The van der Waals surface area contributed by atoms with Crippen LogP contribution in [0.15, 0.2) is 54.6 Å². The van der Waals surface area contributed by atoms with E-state index in [0.29, 0.717) is 5.15 Å². The summed E-state index contributed by atoms with van der Waals surface area (Å²) in [6, 6.07) is 18.7. The van der Waals surface area contributed by atoms with Crippen LogP contribution in [0.5, 0.6) is 0 Å². The molecule has 0 aliphatic heterocycles. The molecule has 0 aliphatic rings. The maximum absolute atomic E-state index is 6.01. The summed E-state index contributed by atoms with van der Waals surface area (Å²) in [5.74, 6) is 0. The lowest BCUT2D eigenvalue weighted by atomic mass is 10.0. The van der Waals surface area contributed by atoms with Crippen LogP contribution in [0.4, 0.5) is 0 Å². The first kappa shape index (κ1) is 13.8. The van der Waals surface area contributed by atoms with Crippen molar-refractivity contribution in [2.45, 2.75) is 13.8 Å². The summed E-state index contributed by atoms with van der Waals surface area (Å²) in [7, 11) is 0. The van der Waals surface area contributed by atoms with Gasteiger partial charge in [-0.3, -0.25) is 0 Å². The lowest BCUT2D eigenvalue weighted by Crippen LogP contribution is -1.96. The summed E-state index contributed by atoms with van der Waals surface area (Å²) in [6.45, 7) is 3.99. The van der Waals surface area contributed by atoms with Crippen LogP contribution in [0.3, 0.4) is 0 Å². The number of hydrogen-bond acceptors (Lipinski definition) is 2. The average Bonchev–Trinajstić information content (AvgIpc) is 2.54. The van der Waals surface area contributed by atoms with Gasteiger partial charge in [-0.25, -0.2) is 0 Å². The minimum Gasteiger partial charge on any atom is -0.149 e. The first-order valence-corrected chi connectivity index (χ1v) is 7.20. The smallest absolute Gasteiger partial charge is 0.149 e. The quantitative estimate of drug-likeness (QED) is 0.658. The summed E-state index contributed by atoms with van der Waals surface area (Å²) >= 11 is 6.01. The van der Waals surface area contributed by atoms with Crippen LogP contribution in [-0.2, 0) is 0 Å². The van der Waals surface area contributed by atoms with Gasteiger partial charge in [-0.15, -0.1) is 10.2 Å². The van der Waals surface area contributed by atoms with Crippen LogP contribution < -0.4 is 0 Å². The minimum absolute atomic E-state index is 0.470. The summed E-state index contributed by atoms with van der Waals surface area (Å²) in [5.41, 5.74) is 6.39. The molecule has 0 spiro atoms. The molecule has 1 aromatic heterocycles. The SMILES string of the molecule is Cc1c(Cl)nnc(-c2ccc(-c3ccccc3)cc2)c1C. The van der Waals surface area contributed by atoms with Gasteiger partial charge in [0.1, 0.15) is 0 Å². The Balaban J connectivity index is 2.01. The molecule has 0 saturated heterocycles. The van der Waals surface area contributed by atoms with Crippen LogP contribution in [0.2, 0.25) is 5.15 Å². The van der Waals surface area contributed by atoms with Gasteiger partial charge in [0.15, 0.2) is 5.15 Å². The molecule has 0 saturated carbocycles. The van der Waals surface area contributed by atoms with Gasteiger partial charge in [-0.2, -0.15) is 0 Å². The van der Waals surface area contributed by atoms with Crippen molar-refractivity contribution >= 4 is 11.6 Å². The highest BCUT2D eigenvalue weighted by Crippen LogP contribution is 2.28. The van der Waals surface area contributed by atoms with Gasteiger partial charge in [0.25, 0.3) is 0 Å². The molecule has 104 valence electrons. The van der Waals surface area contributed by atoms with E-state index in [1.807, 2.05) is 32.0 Å². The maximum Gasteiger partial charge on any atom is 0.154 e. The van der Waals surface area contributed by atoms with Crippen molar-refractivity contribution < 1.29 is 0 Å². The molecule has 0 aliphatic carbocycles. The molecule has 1 heterocycles. The highest BCUT2D eigenvalue weighted by atomic mass is 35.5. The van der Waals surface area contributed by atoms with Crippen LogP contribution in [0, 0.1) is 13.8 Å². The Labute approximate surface area is 129 Å². The second-order valence-corrected chi connectivity index (χ2v) is 5.39. The number of halogens is 1. The zero-order valence-corrected chi connectivity index (χ0v) is 12.7. The lowest BCUT2D eigenvalue weighted by Gasteiger charge is -2.09. The van der Waals surface area contributed by atoms with Crippen LogP contribution in [0.25, 0.3) is 22.4 Å². The fourth-order valence-corrected chi connectivity index (χ4v) is 2.48. The Kier molecular flexibility index (Phi) is 3.72. The van der Waals surface area contributed by atoms with E-state index in [1.165, 1.54) is 11.1 Å². The van der Waals surface area contributed by atoms with Gasteiger partial charge in [0, 0.05) is 5.56 Å². The molecule has 0 fully saturated rings. The second-order valence-electron chi connectivity index (χ2n) is 5.03. The van der Waals surface area contributed by atoms with E-state index in [9.17, 15) is 0 Å². The van der Waals surface area contributed by atoms with E-state index in [1.54, 1.807) is 0 Å². The second kappa shape index (κ2) is 5.66. The summed E-state index contributed by atoms with van der Waals surface area (Å²) in [6.07, 6.45) is 0. The molecule has 3 rings (SSSR count). The zero-order valence-electron chi connectivity index (χ0n) is 12.0. The first-order valence-electron chi connectivity index (χ1n) is 6.82. The van der Waals surface area contributed by atoms with Gasteiger partial charge in [-0.1, -0.05) is 66.2 Å². The molecule has 0 N–H and O–H groups in total. The summed E-state index contributed by atoms with van der Waals surface area (Å²) in [5, 5.41) is 8.71. The molecule has 3 aromatic rings. The van der Waals surface area contributed by atoms with E-state index in [2.05, 4.69) is 46.6 Å². The first-order chi connectivity index (χ1) is 10.2. The predicted octanol–water partition coefficient (Wildman–Crippen LogP) is 5.08. The van der Waals surface area contributed by atoms with Crippen molar-refractivity contribution in [2.75, 3.05) is 0 Å². The summed E-state index contributed by atoms with van der Waals surface area (Å²) < 4.78 is 0. The van der Waals surface area contributed by atoms with Gasteiger partial charge < -0.3 is 0 Å². The fourth-order valence-electron chi connectivity index (χ4n) is 2.30. The van der Waals surface area contributed by atoms with Crippen molar-refractivity contribution in [3.8, 4) is 22.4 Å². The third-order valence-electron chi connectivity index (χ3n) is 3.73. The highest BCUT2D eigenvalue weighted by Gasteiger charge is 2.10. The molecule has 3 heteroatoms. The Morgan fingerprint density at radius 3 is 1.90 bits per heavy atom. The van der Waals surface area contributed by atoms with E-state index >= 15 is 0 Å². The molecule has 0 amide bonds. The fraction of sp³-hybridized carbons (Fsp3) is 0.111. The molecule has 21 heavy (non-hydrogen) atoms. The topological polar surface area (TPSA) is 25.8 Å². The maximum atomic E-state index is 6.01. The monoisotopic (exact) mass is 294 g/mol. The zero-order chi connectivity index (χ0) is 14.8. The Morgan fingerprint density at radius 2 is 1.24 bits per heavy atom. The third-order valence-corrected chi connectivity index (χ3v) is 4.09. The van der Waals surface area contributed by atoms with Crippen LogP contribution in [0.1, 0.15) is 11.1 Å². The van der Waals surface area contributed by atoms with E-state index in [0.717, 1.165) is 22.4 Å². The number of nitrogens with zero attached hydrogens (tertiary/aromatic N) is 2. The van der Waals surface area contributed by atoms with Crippen molar-refractivity contribution in [2.24, 2.45) is 0 Å². The molecular formula is C18H15ClN2. The molecule has 2 nitrogen and oxygen atoms in total. The molecular weight excluding hydrogens is 280 g/mol. The number of aromatic nitrogens is 2. The van der Waals surface area contributed by atoms with Crippen molar-refractivity contribution in [3.63, 3.8) is 0 Å². The van der Waals surface area contributed by atoms with E-state index in [-0.39, 0.29) is 0 Å². The van der Waals surface area contributed by atoms with E-state index < -0.39 is 0 Å². The summed E-state index contributed by atoms with van der Waals surface area (Å²) in [4.78, 5) is 0. The van der Waals surface area contributed by atoms with Gasteiger partial charge >= 0.3 is 0 Å². The number of hydrogen-bond donors (Lipinski definition) is 0. The van der Waals surface area contributed by atoms with Crippen LogP contribution >= 0.6 is 11.6 Å². The number of rotatable bonds is 2. The highest BCUT2D eigenvalue weighted by molar-refractivity contribution is 6.30. The molecule has 0 atom stereocenters. The number of benzene rings is 2. The predicted molar refractivity (Wildman–Crippen MR) is 87.4 cm³/mol. The van der Waals surface area contributed by atoms with E-state index in [4.69, 9.17) is 11.6 Å². The standard InChI is InChI=1S/C18H15ClN2/c1-12-13(2)18(19)21-20-17(12)16-10-8-15(9-11-16)14-6-4-3-5-7-14/h3-11H,1-2H3. The third kappa shape index (κ3) is 2.67. The van der Waals surface area contributed by atoms with Crippen molar-refractivity contribution in [1.29, 1.82) is 0 Å². The molecule has 0 bridgehead atoms. The minimum atomic E-state index is 0.470. The van der Waals surface area contributed by atoms with Gasteiger partial charge in [0.05, 0.1) is 5.69 Å². The lowest BCUT2D eigenvalue weighted by molar-refractivity contribution is 1.00. The molecule has 2 aromatic carbocycles. The average molecular weight is 295 g/mol. The Morgan fingerprint density at radius 1 is 0.667 bits per heavy atom. The molecule has 0 unspecified atom stereocenters. The van der Waals surface area contributed by atoms with Crippen LogP contribution in [-0.4, -0.2) is 10.2 Å². The normalized spacial score (nSPS) is 10.6. The molecule has 0 radical (unpaired) electrons. The Bertz CT molecular complexity index is 765.